The highest BCUT2D eigenvalue weighted by atomic mass is 35.5. The SMILES string of the molecule is O=C(CCc1ccc(NCc2cnc(Cl)s2)cc1)N1CCCC1. The van der Waals surface area contributed by atoms with Crippen LogP contribution < -0.4 is 5.32 Å². The fourth-order valence-electron chi connectivity index (χ4n) is 2.72. The molecule has 2 aromatic rings. The lowest BCUT2D eigenvalue weighted by atomic mass is 10.1. The van der Waals surface area contributed by atoms with Crippen molar-refractivity contribution in [3.63, 3.8) is 0 Å². The lowest BCUT2D eigenvalue weighted by molar-refractivity contribution is -0.130. The molecule has 0 bridgehead atoms. The van der Waals surface area contributed by atoms with Crippen LogP contribution in [0.1, 0.15) is 29.7 Å². The molecule has 6 heteroatoms. The van der Waals surface area contributed by atoms with Gasteiger partial charge in [-0.2, -0.15) is 0 Å². The minimum Gasteiger partial charge on any atom is -0.380 e. The number of anilines is 1. The van der Waals surface area contributed by atoms with Crippen molar-refractivity contribution in [3.8, 4) is 0 Å². The lowest BCUT2D eigenvalue weighted by Gasteiger charge is -2.15. The van der Waals surface area contributed by atoms with Crippen LogP contribution in [-0.4, -0.2) is 28.9 Å². The third kappa shape index (κ3) is 4.69. The molecule has 23 heavy (non-hydrogen) atoms. The van der Waals surface area contributed by atoms with Crippen LogP contribution in [0.25, 0.3) is 0 Å². The van der Waals surface area contributed by atoms with Crippen LogP contribution in [0.15, 0.2) is 30.5 Å². The molecule has 0 saturated carbocycles. The zero-order chi connectivity index (χ0) is 16.1. The Bertz CT molecular complexity index is 650. The number of hydrogen-bond acceptors (Lipinski definition) is 4. The monoisotopic (exact) mass is 349 g/mol. The molecule has 1 aliphatic rings. The Kier molecular flexibility index (Phi) is 5.51. The van der Waals surface area contributed by atoms with Gasteiger partial charge in [-0.3, -0.25) is 4.79 Å². The van der Waals surface area contributed by atoms with Crippen LogP contribution in [0.5, 0.6) is 0 Å². The van der Waals surface area contributed by atoms with Gasteiger partial charge >= 0.3 is 0 Å². The third-order valence-electron chi connectivity index (χ3n) is 4.03. The summed E-state index contributed by atoms with van der Waals surface area (Å²) in [5.74, 6) is 0.284. The second-order valence-corrected chi connectivity index (χ2v) is 7.42. The molecule has 1 aliphatic heterocycles. The summed E-state index contributed by atoms with van der Waals surface area (Å²) in [6.07, 6.45) is 5.50. The number of hydrogen-bond donors (Lipinski definition) is 1. The minimum atomic E-state index is 0.284. The highest BCUT2D eigenvalue weighted by Gasteiger charge is 2.17. The van der Waals surface area contributed by atoms with Gasteiger partial charge in [0.15, 0.2) is 4.47 Å². The van der Waals surface area contributed by atoms with Crippen molar-refractivity contribution >= 4 is 34.5 Å². The molecule has 0 unspecified atom stereocenters. The van der Waals surface area contributed by atoms with E-state index in [1.807, 2.05) is 4.90 Å². The number of thiazole rings is 1. The molecule has 1 aromatic heterocycles. The molecule has 0 radical (unpaired) electrons. The Morgan fingerprint density at radius 3 is 2.65 bits per heavy atom. The molecule has 2 heterocycles. The summed E-state index contributed by atoms with van der Waals surface area (Å²) in [5.41, 5.74) is 2.26. The fraction of sp³-hybridized carbons (Fsp3) is 0.412. The van der Waals surface area contributed by atoms with Crippen molar-refractivity contribution in [1.29, 1.82) is 0 Å². The van der Waals surface area contributed by atoms with E-state index in [0.29, 0.717) is 10.9 Å². The Labute approximate surface area is 145 Å². The van der Waals surface area contributed by atoms with Gasteiger partial charge in [0.1, 0.15) is 0 Å². The van der Waals surface area contributed by atoms with E-state index in [1.165, 1.54) is 16.9 Å². The number of aromatic nitrogens is 1. The first kappa shape index (κ1) is 16.3. The van der Waals surface area contributed by atoms with Gasteiger partial charge in [0, 0.05) is 36.3 Å². The molecule has 1 fully saturated rings. The molecule has 1 N–H and O–H groups in total. The van der Waals surface area contributed by atoms with Crippen molar-refractivity contribution in [1.82, 2.24) is 9.88 Å². The molecule has 3 rings (SSSR count). The summed E-state index contributed by atoms with van der Waals surface area (Å²) >= 11 is 7.30. The average molecular weight is 350 g/mol. The van der Waals surface area contributed by atoms with Crippen molar-refractivity contribution in [3.05, 3.63) is 45.4 Å². The van der Waals surface area contributed by atoms with E-state index in [4.69, 9.17) is 11.6 Å². The normalized spacial score (nSPS) is 14.2. The number of carbonyl (C=O) groups excluding carboxylic acids is 1. The van der Waals surface area contributed by atoms with E-state index in [-0.39, 0.29) is 5.91 Å². The topological polar surface area (TPSA) is 45.2 Å². The van der Waals surface area contributed by atoms with Gasteiger partial charge in [0.25, 0.3) is 0 Å². The van der Waals surface area contributed by atoms with Crippen LogP contribution in [0.3, 0.4) is 0 Å². The molecule has 1 aromatic carbocycles. The number of nitrogens with one attached hydrogen (secondary N) is 1. The highest BCUT2D eigenvalue weighted by molar-refractivity contribution is 7.15. The van der Waals surface area contributed by atoms with Crippen LogP contribution in [-0.2, 0) is 17.8 Å². The first-order valence-corrected chi connectivity index (χ1v) is 9.11. The van der Waals surface area contributed by atoms with Crippen LogP contribution in [0, 0.1) is 0 Å². The predicted molar refractivity (Wildman–Crippen MR) is 95.0 cm³/mol. The number of nitrogens with zero attached hydrogens (tertiary/aromatic N) is 2. The Balaban J connectivity index is 1.45. The number of aryl methyl sites for hydroxylation is 1. The highest BCUT2D eigenvalue weighted by Crippen LogP contribution is 2.19. The van der Waals surface area contributed by atoms with E-state index in [2.05, 4.69) is 34.6 Å². The first-order valence-electron chi connectivity index (χ1n) is 7.91. The fourth-order valence-corrected chi connectivity index (χ4v) is 3.64. The number of benzene rings is 1. The van der Waals surface area contributed by atoms with E-state index < -0.39 is 0 Å². The molecule has 4 nitrogen and oxygen atoms in total. The van der Waals surface area contributed by atoms with Crippen LogP contribution in [0.4, 0.5) is 5.69 Å². The Morgan fingerprint density at radius 2 is 2.00 bits per heavy atom. The lowest BCUT2D eigenvalue weighted by Crippen LogP contribution is -2.27. The zero-order valence-corrected chi connectivity index (χ0v) is 14.5. The minimum absolute atomic E-state index is 0.284. The van der Waals surface area contributed by atoms with Crippen molar-refractivity contribution in [2.24, 2.45) is 0 Å². The number of likely N-dealkylation sites (tertiary alicyclic amines) is 1. The van der Waals surface area contributed by atoms with Gasteiger partial charge in [-0.1, -0.05) is 23.7 Å². The molecular formula is C17H20ClN3OS. The van der Waals surface area contributed by atoms with E-state index in [0.717, 1.165) is 49.5 Å². The summed E-state index contributed by atoms with van der Waals surface area (Å²) in [6.45, 7) is 2.59. The second kappa shape index (κ2) is 7.79. The van der Waals surface area contributed by atoms with Crippen molar-refractivity contribution < 1.29 is 4.79 Å². The molecule has 1 saturated heterocycles. The molecule has 122 valence electrons. The molecule has 0 atom stereocenters. The standard InChI is InChI=1S/C17H20ClN3OS/c18-17-20-12-15(23-17)11-19-14-6-3-13(4-7-14)5-8-16(22)21-9-1-2-10-21/h3-4,6-7,12,19H,1-2,5,8-11H2. The summed E-state index contributed by atoms with van der Waals surface area (Å²) in [7, 11) is 0. The van der Waals surface area contributed by atoms with E-state index in [1.54, 1.807) is 6.20 Å². The molecule has 0 aliphatic carbocycles. The van der Waals surface area contributed by atoms with Crippen LogP contribution >= 0.6 is 22.9 Å². The Morgan fingerprint density at radius 1 is 1.26 bits per heavy atom. The third-order valence-corrected chi connectivity index (χ3v) is 5.15. The smallest absolute Gasteiger partial charge is 0.222 e. The van der Waals surface area contributed by atoms with Crippen molar-refractivity contribution in [2.75, 3.05) is 18.4 Å². The van der Waals surface area contributed by atoms with E-state index in [9.17, 15) is 4.79 Å². The Hall–Kier alpha value is -1.59. The van der Waals surface area contributed by atoms with Gasteiger partial charge in [0.05, 0.1) is 6.54 Å². The number of amides is 1. The largest absolute Gasteiger partial charge is 0.380 e. The maximum absolute atomic E-state index is 12.0. The predicted octanol–water partition coefficient (Wildman–Crippen LogP) is 3.96. The zero-order valence-electron chi connectivity index (χ0n) is 12.9. The first-order chi connectivity index (χ1) is 11.2. The number of halogens is 1. The van der Waals surface area contributed by atoms with Gasteiger partial charge < -0.3 is 10.2 Å². The molecular weight excluding hydrogens is 330 g/mol. The summed E-state index contributed by atoms with van der Waals surface area (Å²) in [6, 6.07) is 8.27. The maximum Gasteiger partial charge on any atom is 0.222 e. The van der Waals surface area contributed by atoms with Gasteiger partial charge in [-0.15, -0.1) is 11.3 Å². The maximum atomic E-state index is 12.0. The van der Waals surface area contributed by atoms with Gasteiger partial charge in [-0.25, -0.2) is 4.98 Å². The average Bonchev–Trinajstić information content (AvgIpc) is 3.23. The summed E-state index contributed by atoms with van der Waals surface area (Å²) < 4.78 is 0.569. The van der Waals surface area contributed by atoms with Crippen LogP contribution in [0.2, 0.25) is 4.47 Å². The van der Waals surface area contributed by atoms with E-state index >= 15 is 0 Å². The second-order valence-electron chi connectivity index (χ2n) is 5.72. The van der Waals surface area contributed by atoms with Crippen molar-refractivity contribution in [2.45, 2.75) is 32.2 Å². The van der Waals surface area contributed by atoms with Gasteiger partial charge in [-0.05, 0) is 37.0 Å². The number of carbonyl (C=O) groups is 1. The summed E-state index contributed by atoms with van der Waals surface area (Å²) in [5, 5.41) is 3.35. The molecule has 0 spiro atoms. The quantitative estimate of drug-likeness (QED) is 0.858. The number of rotatable bonds is 6. The van der Waals surface area contributed by atoms with Gasteiger partial charge in [0.2, 0.25) is 5.91 Å². The molecule has 1 amide bonds. The summed E-state index contributed by atoms with van der Waals surface area (Å²) in [4.78, 5) is 19.2.